The minimum absolute atomic E-state index is 0.0585. The molecule has 1 aromatic heterocycles. The fourth-order valence-corrected chi connectivity index (χ4v) is 4.23. The molecule has 6 heteroatoms. The second kappa shape index (κ2) is 7.00. The van der Waals surface area contributed by atoms with Crippen LogP contribution >= 0.6 is 0 Å². The Morgan fingerprint density at radius 1 is 1.31 bits per heavy atom. The number of carbonyl (C=O) groups is 1. The summed E-state index contributed by atoms with van der Waals surface area (Å²) in [5, 5.41) is 8.86. The van der Waals surface area contributed by atoms with Gasteiger partial charge < -0.3 is 10.1 Å². The Bertz CT molecular complexity index is 788. The normalized spacial score (nSPS) is 27.4. The predicted octanol–water partition coefficient (Wildman–Crippen LogP) is 2.60. The number of hydrogen-bond donors (Lipinski definition) is 1. The molecule has 1 aromatic carbocycles. The number of likely N-dealkylation sites (N-methyl/N-ethyl adjacent to an activating group) is 1. The van der Waals surface area contributed by atoms with E-state index in [9.17, 15) is 4.79 Å². The number of hydrogen-bond acceptors (Lipinski definition) is 4. The highest BCUT2D eigenvalue weighted by Crippen LogP contribution is 2.27. The Morgan fingerprint density at radius 2 is 2.00 bits per heavy atom. The second-order valence-corrected chi connectivity index (χ2v) is 7.72. The van der Waals surface area contributed by atoms with Crippen LogP contribution in [0.3, 0.4) is 0 Å². The number of benzene rings is 1. The lowest BCUT2D eigenvalue weighted by atomic mass is 9.90. The number of aromatic nitrogens is 2. The largest absolute Gasteiger partial charge is 0.378 e. The van der Waals surface area contributed by atoms with Crippen LogP contribution in [0.1, 0.15) is 49.6 Å². The second-order valence-electron chi connectivity index (χ2n) is 7.72. The molecule has 0 spiro atoms. The third-order valence-electron chi connectivity index (χ3n) is 6.06. The molecule has 0 aliphatic carbocycles. The molecule has 140 valence electrons. The van der Waals surface area contributed by atoms with E-state index in [1.54, 1.807) is 0 Å². The summed E-state index contributed by atoms with van der Waals surface area (Å²) in [6.07, 6.45) is 2.84. The number of nitrogens with zero attached hydrogens (tertiary/aromatic N) is 3. The molecule has 3 unspecified atom stereocenters. The third-order valence-corrected chi connectivity index (χ3v) is 6.06. The first-order valence-electron chi connectivity index (χ1n) is 9.66. The summed E-state index contributed by atoms with van der Waals surface area (Å²) in [4.78, 5) is 15.4. The van der Waals surface area contributed by atoms with Crippen molar-refractivity contribution in [3.8, 4) is 0 Å². The van der Waals surface area contributed by atoms with Crippen molar-refractivity contribution >= 4 is 16.8 Å². The molecule has 1 N–H and O–H groups in total. The van der Waals surface area contributed by atoms with Gasteiger partial charge in [-0.25, -0.2) is 0 Å². The number of fused-ring (bicyclic) bond motifs is 3. The molecule has 2 fully saturated rings. The van der Waals surface area contributed by atoms with Crippen molar-refractivity contribution in [1.82, 2.24) is 20.0 Å². The van der Waals surface area contributed by atoms with Crippen LogP contribution in [-0.4, -0.2) is 59.0 Å². The Hall–Kier alpha value is -1.92. The molecule has 26 heavy (non-hydrogen) atoms. The maximum absolute atomic E-state index is 13.0. The highest BCUT2D eigenvalue weighted by atomic mass is 16.5. The first kappa shape index (κ1) is 17.5. The smallest absolute Gasteiger partial charge is 0.272 e. The van der Waals surface area contributed by atoms with Crippen LogP contribution in [-0.2, 0) is 4.74 Å². The van der Waals surface area contributed by atoms with Gasteiger partial charge in [-0.15, -0.1) is 0 Å². The summed E-state index contributed by atoms with van der Waals surface area (Å²) in [6.45, 7) is 5.79. The van der Waals surface area contributed by atoms with E-state index in [1.807, 2.05) is 28.9 Å². The van der Waals surface area contributed by atoms with Crippen molar-refractivity contribution in [2.45, 2.75) is 57.3 Å². The van der Waals surface area contributed by atoms with Crippen LogP contribution in [0.4, 0.5) is 0 Å². The van der Waals surface area contributed by atoms with E-state index in [2.05, 4.69) is 36.2 Å². The van der Waals surface area contributed by atoms with Gasteiger partial charge >= 0.3 is 0 Å². The number of carbonyl (C=O) groups excluding carboxylic acids is 1. The lowest BCUT2D eigenvalue weighted by Crippen LogP contribution is -2.59. The Kier molecular flexibility index (Phi) is 4.71. The van der Waals surface area contributed by atoms with E-state index in [0.29, 0.717) is 17.8 Å². The molecule has 3 atom stereocenters. The van der Waals surface area contributed by atoms with E-state index in [4.69, 9.17) is 4.74 Å². The van der Waals surface area contributed by atoms with Gasteiger partial charge in [0, 0.05) is 29.6 Å². The molecular weight excluding hydrogens is 328 g/mol. The molecule has 0 saturated carbocycles. The maximum Gasteiger partial charge on any atom is 0.272 e. The average molecular weight is 356 g/mol. The summed E-state index contributed by atoms with van der Waals surface area (Å²) in [7, 11) is 2.16. The van der Waals surface area contributed by atoms with Gasteiger partial charge in [0.1, 0.15) is 0 Å². The number of piperidine rings is 1. The Balaban J connectivity index is 1.57. The van der Waals surface area contributed by atoms with Gasteiger partial charge in [-0.2, -0.15) is 5.10 Å². The minimum Gasteiger partial charge on any atom is -0.378 e. The number of para-hydroxylation sites is 1. The molecule has 6 nitrogen and oxygen atoms in total. The summed E-state index contributed by atoms with van der Waals surface area (Å²) < 4.78 is 7.66. The molecule has 2 saturated heterocycles. The molecule has 2 aliphatic heterocycles. The van der Waals surface area contributed by atoms with Crippen molar-refractivity contribution in [3.05, 3.63) is 30.0 Å². The quantitative estimate of drug-likeness (QED) is 0.915. The number of morpholine rings is 1. The predicted molar refractivity (Wildman–Crippen MR) is 101 cm³/mol. The van der Waals surface area contributed by atoms with Crippen molar-refractivity contribution in [2.24, 2.45) is 0 Å². The lowest BCUT2D eigenvalue weighted by molar-refractivity contribution is -0.0670. The number of rotatable bonds is 4. The zero-order valence-electron chi connectivity index (χ0n) is 15.8. The molecule has 2 aliphatic rings. The lowest BCUT2D eigenvalue weighted by Gasteiger charge is -2.46. The van der Waals surface area contributed by atoms with Gasteiger partial charge in [0.2, 0.25) is 0 Å². The number of nitrogens with one attached hydrogen (secondary N) is 1. The van der Waals surface area contributed by atoms with Crippen LogP contribution in [0.15, 0.2) is 24.3 Å². The molecule has 3 heterocycles. The monoisotopic (exact) mass is 356 g/mol. The van der Waals surface area contributed by atoms with Gasteiger partial charge in [0.25, 0.3) is 5.91 Å². The number of amides is 1. The van der Waals surface area contributed by atoms with Crippen molar-refractivity contribution in [1.29, 1.82) is 0 Å². The van der Waals surface area contributed by atoms with E-state index in [1.165, 1.54) is 0 Å². The van der Waals surface area contributed by atoms with Crippen LogP contribution in [0.25, 0.3) is 10.9 Å². The molecule has 0 radical (unpaired) electrons. The maximum atomic E-state index is 13.0. The molecule has 2 bridgehead atoms. The minimum atomic E-state index is -0.0585. The van der Waals surface area contributed by atoms with Crippen molar-refractivity contribution < 1.29 is 9.53 Å². The first-order valence-corrected chi connectivity index (χ1v) is 9.66. The highest BCUT2D eigenvalue weighted by Gasteiger charge is 2.37. The van der Waals surface area contributed by atoms with E-state index >= 15 is 0 Å². The first-order chi connectivity index (χ1) is 12.6. The molecule has 2 aromatic rings. The van der Waals surface area contributed by atoms with Crippen molar-refractivity contribution in [3.63, 3.8) is 0 Å². The van der Waals surface area contributed by atoms with Crippen LogP contribution in [0, 0.1) is 0 Å². The van der Waals surface area contributed by atoms with Gasteiger partial charge in [0.15, 0.2) is 5.69 Å². The van der Waals surface area contributed by atoms with Crippen molar-refractivity contribution in [2.75, 3.05) is 20.3 Å². The van der Waals surface area contributed by atoms with E-state index in [0.717, 1.165) is 43.4 Å². The summed E-state index contributed by atoms with van der Waals surface area (Å²) >= 11 is 0. The topological polar surface area (TPSA) is 59.4 Å². The number of ether oxygens (including phenoxy) is 1. The van der Waals surface area contributed by atoms with Gasteiger partial charge in [0.05, 0.1) is 18.7 Å². The Labute approximate surface area is 154 Å². The summed E-state index contributed by atoms with van der Waals surface area (Å²) in [5.74, 6) is -0.0585. The third kappa shape index (κ3) is 3.01. The van der Waals surface area contributed by atoms with Gasteiger partial charge in [-0.3, -0.25) is 14.4 Å². The molecular formula is C20H28N4O2. The van der Waals surface area contributed by atoms with Crippen LogP contribution in [0.2, 0.25) is 0 Å². The zero-order valence-corrected chi connectivity index (χ0v) is 15.8. The fraction of sp³-hybridized carbons (Fsp3) is 0.600. The SMILES string of the molecule is CCC(C)n1nc(C(=O)NC2CC3COCC(C2)N3C)c2ccccc21. The fourth-order valence-electron chi connectivity index (χ4n) is 4.23. The van der Waals surface area contributed by atoms with Crippen LogP contribution < -0.4 is 5.32 Å². The van der Waals surface area contributed by atoms with Gasteiger partial charge in [-0.05, 0) is 39.3 Å². The van der Waals surface area contributed by atoms with E-state index < -0.39 is 0 Å². The average Bonchev–Trinajstić information content (AvgIpc) is 3.02. The molecule has 1 amide bonds. The van der Waals surface area contributed by atoms with Crippen LogP contribution in [0.5, 0.6) is 0 Å². The standard InChI is InChI=1S/C20H28N4O2/c1-4-13(2)24-18-8-6-5-7-17(18)19(22-24)20(25)21-14-9-15-11-26-12-16(10-14)23(15)3/h5-8,13-16H,4,9-12H2,1-3H3,(H,21,25). The highest BCUT2D eigenvalue weighted by molar-refractivity contribution is 6.05. The zero-order chi connectivity index (χ0) is 18.3. The molecule has 4 rings (SSSR count). The Morgan fingerprint density at radius 3 is 2.69 bits per heavy atom. The summed E-state index contributed by atoms with van der Waals surface area (Å²) in [5.41, 5.74) is 1.57. The summed E-state index contributed by atoms with van der Waals surface area (Å²) in [6, 6.07) is 9.24. The van der Waals surface area contributed by atoms with E-state index in [-0.39, 0.29) is 18.0 Å². The van der Waals surface area contributed by atoms with Gasteiger partial charge in [-0.1, -0.05) is 25.1 Å².